The molecular formula is C22H21NO2. The van der Waals surface area contributed by atoms with E-state index in [1.165, 1.54) is 0 Å². The first-order chi connectivity index (χ1) is 12.2. The Morgan fingerprint density at radius 2 is 1.24 bits per heavy atom. The van der Waals surface area contributed by atoms with Crippen molar-refractivity contribution in [1.82, 2.24) is 5.32 Å². The van der Waals surface area contributed by atoms with Gasteiger partial charge in [-0.05, 0) is 23.3 Å². The minimum atomic E-state index is -0.650. The summed E-state index contributed by atoms with van der Waals surface area (Å²) in [6.07, 6.45) is -0.241. The third kappa shape index (κ3) is 4.55. The van der Waals surface area contributed by atoms with Crippen molar-refractivity contribution in [3.8, 4) is 0 Å². The van der Waals surface area contributed by atoms with Gasteiger partial charge in [0.15, 0.2) is 0 Å². The predicted molar refractivity (Wildman–Crippen MR) is 99.1 cm³/mol. The lowest BCUT2D eigenvalue weighted by Gasteiger charge is -2.22. The number of nitrogens with one attached hydrogen (secondary N) is 1. The molecule has 0 saturated carbocycles. The number of aliphatic hydroxyl groups is 1. The van der Waals surface area contributed by atoms with Crippen molar-refractivity contribution in [2.24, 2.45) is 0 Å². The van der Waals surface area contributed by atoms with E-state index in [0.29, 0.717) is 12.0 Å². The summed E-state index contributed by atoms with van der Waals surface area (Å²) in [5.41, 5.74) is 2.43. The summed E-state index contributed by atoms with van der Waals surface area (Å²) in [5.74, 6) is -0.144. The van der Waals surface area contributed by atoms with Gasteiger partial charge in [0.2, 0.25) is 0 Å². The van der Waals surface area contributed by atoms with Crippen molar-refractivity contribution in [3.63, 3.8) is 0 Å². The van der Waals surface area contributed by atoms with E-state index in [4.69, 9.17) is 0 Å². The number of hydrogen-bond donors (Lipinski definition) is 2. The lowest BCUT2D eigenvalue weighted by atomic mass is 9.96. The smallest absolute Gasteiger partial charge is 0.251 e. The molecule has 3 aromatic rings. The Morgan fingerprint density at radius 1 is 0.760 bits per heavy atom. The summed E-state index contributed by atoms with van der Waals surface area (Å²) in [6.45, 7) is 0. The van der Waals surface area contributed by atoms with E-state index in [1.807, 2.05) is 78.9 Å². The summed E-state index contributed by atoms with van der Waals surface area (Å²) in [5, 5.41) is 13.6. The van der Waals surface area contributed by atoms with Gasteiger partial charge >= 0.3 is 0 Å². The Hall–Kier alpha value is -2.91. The van der Waals surface area contributed by atoms with E-state index < -0.39 is 6.10 Å². The second-order valence-electron chi connectivity index (χ2n) is 5.96. The number of rotatable bonds is 6. The Morgan fingerprint density at radius 3 is 1.80 bits per heavy atom. The largest absolute Gasteiger partial charge is 0.388 e. The van der Waals surface area contributed by atoms with Crippen LogP contribution in [0.2, 0.25) is 0 Å². The molecule has 0 radical (unpaired) electrons. The molecule has 0 saturated heterocycles. The fraction of sp³-hybridized carbons (Fsp3) is 0.136. The van der Waals surface area contributed by atoms with Gasteiger partial charge in [0.25, 0.3) is 5.91 Å². The topological polar surface area (TPSA) is 49.3 Å². The van der Waals surface area contributed by atoms with Crippen LogP contribution < -0.4 is 5.32 Å². The van der Waals surface area contributed by atoms with Crippen LogP contribution in [0.25, 0.3) is 0 Å². The number of benzene rings is 3. The Bertz CT molecular complexity index is 788. The van der Waals surface area contributed by atoms with Crippen LogP contribution in [0.3, 0.4) is 0 Å². The van der Waals surface area contributed by atoms with Crippen LogP contribution in [0.15, 0.2) is 91.0 Å². The summed E-state index contributed by atoms with van der Waals surface area (Å²) < 4.78 is 0. The maximum atomic E-state index is 12.6. The maximum Gasteiger partial charge on any atom is 0.251 e. The van der Waals surface area contributed by atoms with E-state index in [9.17, 15) is 9.90 Å². The van der Waals surface area contributed by atoms with Crippen LogP contribution in [0.1, 0.15) is 40.1 Å². The lowest BCUT2D eigenvalue weighted by molar-refractivity contribution is 0.0909. The summed E-state index contributed by atoms with van der Waals surface area (Å²) in [6, 6.07) is 28.1. The molecule has 3 rings (SSSR count). The standard InChI is InChI=1S/C22H21NO2/c24-21(18-12-6-2-7-13-18)16-20(17-10-4-1-5-11-17)23-22(25)19-14-8-3-9-15-19/h1-15,20-21,24H,16H2,(H,23,25)/t20-,21-/m1/s1. The Balaban J connectivity index is 1.80. The van der Waals surface area contributed by atoms with Gasteiger partial charge in [-0.15, -0.1) is 0 Å². The number of amides is 1. The number of carbonyl (C=O) groups excluding carboxylic acids is 1. The molecule has 126 valence electrons. The van der Waals surface area contributed by atoms with Gasteiger partial charge in [-0.2, -0.15) is 0 Å². The Labute approximate surface area is 148 Å². The van der Waals surface area contributed by atoms with Crippen LogP contribution in [0.5, 0.6) is 0 Å². The molecule has 0 unspecified atom stereocenters. The van der Waals surface area contributed by atoms with Crippen molar-refractivity contribution in [2.75, 3.05) is 0 Å². The second-order valence-corrected chi connectivity index (χ2v) is 5.96. The van der Waals surface area contributed by atoms with Crippen LogP contribution >= 0.6 is 0 Å². The van der Waals surface area contributed by atoms with E-state index >= 15 is 0 Å². The zero-order chi connectivity index (χ0) is 17.5. The molecule has 0 aliphatic rings. The first-order valence-electron chi connectivity index (χ1n) is 8.38. The highest BCUT2D eigenvalue weighted by molar-refractivity contribution is 5.94. The van der Waals surface area contributed by atoms with Gasteiger partial charge in [-0.25, -0.2) is 0 Å². The number of carbonyl (C=O) groups is 1. The van der Waals surface area contributed by atoms with E-state index in [-0.39, 0.29) is 11.9 Å². The van der Waals surface area contributed by atoms with Gasteiger partial charge in [0, 0.05) is 12.0 Å². The van der Waals surface area contributed by atoms with Gasteiger partial charge in [-0.1, -0.05) is 78.9 Å². The molecular weight excluding hydrogens is 310 g/mol. The molecule has 25 heavy (non-hydrogen) atoms. The third-order valence-electron chi connectivity index (χ3n) is 4.19. The SMILES string of the molecule is O=C(N[C@H](C[C@@H](O)c1ccccc1)c1ccccc1)c1ccccc1. The molecule has 2 N–H and O–H groups in total. The minimum absolute atomic E-state index is 0.144. The molecule has 2 atom stereocenters. The highest BCUT2D eigenvalue weighted by Crippen LogP contribution is 2.26. The molecule has 0 spiro atoms. The molecule has 0 aromatic heterocycles. The quantitative estimate of drug-likeness (QED) is 0.708. The first-order valence-corrected chi connectivity index (χ1v) is 8.38. The van der Waals surface area contributed by atoms with Crippen LogP contribution in [-0.2, 0) is 0 Å². The van der Waals surface area contributed by atoms with Crippen LogP contribution in [0, 0.1) is 0 Å². The van der Waals surface area contributed by atoms with Crippen molar-refractivity contribution >= 4 is 5.91 Å². The highest BCUT2D eigenvalue weighted by Gasteiger charge is 2.20. The molecule has 0 heterocycles. The molecule has 3 heteroatoms. The monoisotopic (exact) mass is 331 g/mol. The van der Waals surface area contributed by atoms with Crippen LogP contribution in [-0.4, -0.2) is 11.0 Å². The molecule has 3 aromatic carbocycles. The van der Waals surface area contributed by atoms with E-state index in [0.717, 1.165) is 11.1 Å². The predicted octanol–water partition coefficient (Wildman–Crippen LogP) is 4.28. The third-order valence-corrected chi connectivity index (χ3v) is 4.19. The normalized spacial score (nSPS) is 13.0. The molecule has 1 amide bonds. The van der Waals surface area contributed by atoms with Crippen LogP contribution in [0.4, 0.5) is 0 Å². The maximum absolute atomic E-state index is 12.6. The second kappa shape index (κ2) is 8.27. The summed E-state index contributed by atoms with van der Waals surface area (Å²) >= 11 is 0. The Kier molecular flexibility index (Phi) is 5.60. The van der Waals surface area contributed by atoms with Crippen molar-refractivity contribution in [1.29, 1.82) is 0 Å². The zero-order valence-corrected chi connectivity index (χ0v) is 13.9. The average Bonchev–Trinajstić information content (AvgIpc) is 2.69. The molecule has 3 nitrogen and oxygen atoms in total. The summed E-state index contributed by atoms with van der Waals surface area (Å²) in [4.78, 5) is 12.6. The van der Waals surface area contributed by atoms with Gasteiger partial charge in [0.1, 0.15) is 0 Å². The van der Waals surface area contributed by atoms with E-state index in [2.05, 4.69) is 5.32 Å². The van der Waals surface area contributed by atoms with E-state index in [1.54, 1.807) is 12.1 Å². The number of hydrogen-bond acceptors (Lipinski definition) is 2. The van der Waals surface area contributed by atoms with Gasteiger partial charge < -0.3 is 10.4 Å². The molecule has 0 fully saturated rings. The molecule has 0 aliphatic heterocycles. The first kappa shape index (κ1) is 16.9. The number of aliphatic hydroxyl groups excluding tert-OH is 1. The highest BCUT2D eigenvalue weighted by atomic mass is 16.3. The van der Waals surface area contributed by atoms with Gasteiger partial charge in [-0.3, -0.25) is 4.79 Å². The molecule has 0 bridgehead atoms. The summed E-state index contributed by atoms with van der Waals surface area (Å²) in [7, 11) is 0. The van der Waals surface area contributed by atoms with Gasteiger partial charge in [0.05, 0.1) is 12.1 Å². The minimum Gasteiger partial charge on any atom is -0.388 e. The lowest BCUT2D eigenvalue weighted by Crippen LogP contribution is -2.29. The van der Waals surface area contributed by atoms with Crippen molar-refractivity contribution in [2.45, 2.75) is 18.6 Å². The van der Waals surface area contributed by atoms with Crippen molar-refractivity contribution < 1.29 is 9.90 Å². The zero-order valence-electron chi connectivity index (χ0n) is 13.9. The average molecular weight is 331 g/mol. The van der Waals surface area contributed by atoms with Crippen molar-refractivity contribution in [3.05, 3.63) is 108 Å². The fourth-order valence-electron chi connectivity index (χ4n) is 2.83. The fourth-order valence-corrected chi connectivity index (χ4v) is 2.83. The molecule has 0 aliphatic carbocycles.